The molecule has 1 aromatic carbocycles. The lowest BCUT2D eigenvalue weighted by Gasteiger charge is -2.31. The molecule has 5 heteroatoms. The monoisotopic (exact) mass is 349 g/mol. The normalized spacial score (nSPS) is 16.0. The van der Waals surface area contributed by atoms with Crippen molar-refractivity contribution < 1.29 is 4.42 Å². The molecule has 1 saturated heterocycles. The molecule has 3 heterocycles. The van der Waals surface area contributed by atoms with Crippen LogP contribution in [0.25, 0.3) is 11.5 Å². The molecule has 0 unspecified atom stereocenters. The van der Waals surface area contributed by atoms with Gasteiger partial charge < -0.3 is 4.42 Å². The molecule has 0 N–H and O–H groups in total. The second kappa shape index (κ2) is 7.70. The summed E-state index contributed by atoms with van der Waals surface area (Å²) in [4.78, 5) is 14.5. The van der Waals surface area contributed by atoms with Crippen LogP contribution in [-0.2, 0) is 13.1 Å². The van der Waals surface area contributed by atoms with Gasteiger partial charge in [-0.1, -0.05) is 30.3 Å². The van der Waals surface area contributed by atoms with Crippen molar-refractivity contribution in [2.75, 3.05) is 13.1 Å². The zero-order valence-electron chi connectivity index (χ0n) is 14.8. The van der Waals surface area contributed by atoms with Crippen LogP contribution in [0.2, 0.25) is 0 Å². The van der Waals surface area contributed by atoms with E-state index in [1.807, 2.05) is 12.1 Å². The maximum Gasteiger partial charge on any atom is 0.268 e. The van der Waals surface area contributed by atoms with Crippen LogP contribution in [0, 0.1) is 5.92 Å². The fourth-order valence-electron chi connectivity index (χ4n) is 3.57. The van der Waals surface area contributed by atoms with Crippen molar-refractivity contribution in [3.63, 3.8) is 0 Å². The molecule has 1 aliphatic heterocycles. The summed E-state index contributed by atoms with van der Waals surface area (Å²) < 4.78 is 6.92. The molecule has 0 aliphatic carbocycles. The molecule has 1 fully saturated rings. The van der Waals surface area contributed by atoms with Gasteiger partial charge in [0.25, 0.3) is 5.56 Å². The Morgan fingerprint density at radius 2 is 1.81 bits per heavy atom. The van der Waals surface area contributed by atoms with Gasteiger partial charge in [0.15, 0.2) is 5.76 Å². The minimum atomic E-state index is -0.0771. The number of aromatic nitrogens is 2. The third kappa shape index (κ3) is 3.94. The van der Waals surface area contributed by atoms with E-state index in [4.69, 9.17) is 4.42 Å². The Kier molecular flexibility index (Phi) is 4.97. The van der Waals surface area contributed by atoms with Gasteiger partial charge in [-0.25, -0.2) is 4.68 Å². The van der Waals surface area contributed by atoms with Crippen molar-refractivity contribution in [1.29, 1.82) is 0 Å². The fraction of sp³-hybridized carbons (Fsp3) is 0.333. The molecule has 3 aromatic rings. The average Bonchev–Trinajstić information content (AvgIpc) is 3.21. The number of hydrogen-bond acceptors (Lipinski definition) is 4. The lowest BCUT2D eigenvalue weighted by Crippen LogP contribution is -2.39. The van der Waals surface area contributed by atoms with Crippen molar-refractivity contribution in [3.8, 4) is 11.5 Å². The molecule has 1 aliphatic rings. The van der Waals surface area contributed by atoms with Gasteiger partial charge >= 0.3 is 0 Å². The van der Waals surface area contributed by atoms with E-state index in [2.05, 4.69) is 40.3 Å². The Hall–Kier alpha value is -2.66. The van der Waals surface area contributed by atoms with Crippen molar-refractivity contribution in [1.82, 2.24) is 14.7 Å². The summed E-state index contributed by atoms with van der Waals surface area (Å²) >= 11 is 0. The van der Waals surface area contributed by atoms with Gasteiger partial charge in [-0.05, 0) is 48.9 Å². The van der Waals surface area contributed by atoms with Crippen LogP contribution < -0.4 is 5.56 Å². The summed E-state index contributed by atoms with van der Waals surface area (Å²) in [5.41, 5.74) is 2.02. The summed E-state index contributed by atoms with van der Waals surface area (Å²) in [7, 11) is 0. The molecule has 5 nitrogen and oxygen atoms in total. The molecule has 26 heavy (non-hydrogen) atoms. The number of hydrogen-bond donors (Lipinski definition) is 0. The predicted molar refractivity (Wildman–Crippen MR) is 101 cm³/mol. The summed E-state index contributed by atoms with van der Waals surface area (Å²) in [6.07, 6.45) is 5.06. The standard InChI is InChI=1S/C21H23N3O2/c25-21-9-8-19(20-7-4-14-26-20)22-24(21)16-23-12-10-18(11-13-23)15-17-5-2-1-3-6-17/h1-9,14,18H,10-13,15-16H2. The van der Waals surface area contributed by atoms with Gasteiger partial charge in [0.2, 0.25) is 0 Å². The summed E-state index contributed by atoms with van der Waals surface area (Å²) in [6.45, 7) is 2.53. The van der Waals surface area contributed by atoms with Crippen molar-refractivity contribution in [2.45, 2.75) is 25.9 Å². The van der Waals surface area contributed by atoms with Crippen LogP contribution in [0.15, 0.2) is 70.1 Å². The highest BCUT2D eigenvalue weighted by Crippen LogP contribution is 2.22. The van der Waals surface area contributed by atoms with Gasteiger partial charge in [0.05, 0.1) is 12.9 Å². The van der Waals surface area contributed by atoms with E-state index in [0.29, 0.717) is 24.0 Å². The number of likely N-dealkylation sites (tertiary alicyclic amines) is 1. The number of nitrogens with zero attached hydrogens (tertiary/aromatic N) is 3. The lowest BCUT2D eigenvalue weighted by atomic mass is 9.90. The van der Waals surface area contributed by atoms with E-state index in [1.54, 1.807) is 18.4 Å². The average molecular weight is 349 g/mol. The third-order valence-corrected chi connectivity index (χ3v) is 5.05. The highest BCUT2D eigenvalue weighted by Gasteiger charge is 2.20. The summed E-state index contributed by atoms with van der Waals surface area (Å²) in [5, 5.41) is 4.46. The second-order valence-electron chi connectivity index (χ2n) is 6.93. The molecule has 2 aromatic heterocycles. The maximum atomic E-state index is 12.2. The van der Waals surface area contributed by atoms with Gasteiger partial charge in [-0.2, -0.15) is 5.10 Å². The molecule has 0 spiro atoms. The highest BCUT2D eigenvalue weighted by molar-refractivity contribution is 5.50. The van der Waals surface area contributed by atoms with Crippen molar-refractivity contribution in [3.05, 3.63) is 76.8 Å². The van der Waals surface area contributed by atoms with Gasteiger partial charge in [-0.15, -0.1) is 0 Å². The third-order valence-electron chi connectivity index (χ3n) is 5.05. The SMILES string of the molecule is O=c1ccc(-c2ccco2)nn1CN1CCC(Cc2ccccc2)CC1. The topological polar surface area (TPSA) is 51.3 Å². The fourth-order valence-corrected chi connectivity index (χ4v) is 3.57. The zero-order valence-corrected chi connectivity index (χ0v) is 14.8. The minimum Gasteiger partial charge on any atom is -0.463 e. The Labute approximate surface area is 152 Å². The number of piperidine rings is 1. The molecular formula is C21H23N3O2. The predicted octanol–water partition coefficient (Wildman–Crippen LogP) is 3.42. The van der Waals surface area contributed by atoms with E-state index in [1.165, 1.54) is 10.2 Å². The Balaban J connectivity index is 1.37. The molecule has 0 radical (unpaired) electrons. The minimum absolute atomic E-state index is 0.0771. The first-order chi connectivity index (χ1) is 12.8. The Morgan fingerprint density at radius 3 is 2.54 bits per heavy atom. The van der Waals surface area contributed by atoms with Crippen LogP contribution in [0.3, 0.4) is 0 Å². The molecule has 0 saturated carbocycles. The first kappa shape index (κ1) is 16.8. The summed E-state index contributed by atoms with van der Waals surface area (Å²) in [6, 6.07) is 17.6. The molecular weight excluding hydrogens is 326 g/mol. The quantitative estimate of drug-likeness (QED) is 0.708. The number of furan rings is 1. The molecule has 4 rings (SSSR count). The number of benzene rings is 1. The van der Waals surface area contributed by atoms with E-state index in [9.17, 15) is 4.79 Å². The smallest absolute Gasteiger partial charge is 0.268 e. The van der Waals surface area contributed by atoms with Crippen molar-refractivity contribution in [2.24, 2.45) is 5.92 Å². The lowest BCUT2D eigenvalue weighted by molar-refractivity contribution is 0.138. The molecule has 0 amide bonds. The number of rotatable bonds is 5. The van der Waals surface area contributed by atoms with Gasteiger partial charge in [0.1, 0.15) is 5.69 Å². The molecule has 134 valence electrons. The Morgan fingerprint density at radius 1 is 1.00 bits per heavy atom. The zero-order chi connectivity index (χ0) is 17.8. The maximum absolute atomic E-state index is 12.2. The Bertz CT molecular complexity index is 879. The van der Waals surface area contributed by atoms with Crippen LogP contribution >= 0.6 is 0 Å². The first-order valence-electron chi connectivity index (χ1n) is 9.16. The highest BCUT2D eigenvalue weighted by atomic mass is 16.3. The van der Waals surface area contributed by atoms with E-state index >= 15 is 0 Å². The van der Waals surface area contributed by atoms with E-state index in [-0.39, 0.29) is 5.56 Å². The molecule has 0 atom stereocenters. The first-order valence-corrected chi connectivity index (χ1v) is 9.16. The van der Waals surface area contributed by atoms with Crippen LogP contribution in [-0.4, -0.2) is 27.8 Å². The molecule has 0 bridgehead atoms. The van der Waals surface area contributed by atoms with E-state index < -0.39 is 0 Å². The van der Waals surface area contributed by atoms with Crippen LogP contribution in [0.4, 0.5) is 0 Å². The van der Waals surface area contributed by atoms with Crippen LogP contribution in [0.1, 0.15) is 18.4 Å². The summed E-state index contributed by atoms with van der Waals surface area (Å²) in [5.74, 6) is 1.40. The van der Waals surface area contributed by atoms with Gasteiger partial charge in [-0.3, -0.25) is 9.69 Å². The van der Waals surface area contributed by atoms with Gasteiger partial charge in [0, 0.05) is 19.2 Å². The second-order valence-corrected chi connectivity index (χ2v) is 6.93. The van der Waals surface area contributed by atoms with E-state index in [0.717, 1.165) is 32.4 Å². The largest absolute Gasteiger partial charge is 0.463 e. The van der Waals surface area contributed by atoms with Crippen molar-refractivity contribution >= 4 is 0 Å². The van der Waals surface area contributed by atoms with Crippen LogP contribution in [0.5, 0.6) is 0 Å².